The van der Waals surface area contributed by atoms with Gasteiger partial charge in [-0.2, -0.15) is 0 Å². The lowest BCUT2D eigenvalue weighted by atomic mass is 10.3. The van der Waals surface area contributed by atoms with Crippen molar-refractivity contribution in [3.05, 3.63) is 47.1 Å². The van der Waals surface area contributed by atoms with Gasteiger partial charge in [-0.15, -0.1) is 0 Å². The van der Waals surface area contributed by atoms with Crippen molar-refractivity contribution in [1.29, 1.82) is 0 Å². The van der Waals surface area contributed by atoms with Crippen molar-refractivity contribution in [3.63, 3.8) is 0 Å². The Bertz CT molecular complexity index is 580. The molecule has 0 N–H and O–H groups in total. The largest absolute Gasteiger partial charge is 0.377 e. The third kappa shape index (κ3) is 3.39. The molecule has 0 spiro atoms. The molecule has 0 saturated carbocycles. The number of rotatable bonds is 4. The Kier molecular flexibility index (Phi) is 4.29. The van der Waals surface area contributed by atoms with Gasteiger partial charge in [-0.1, -0.05) is 17.7 Å². The van der Waals surface area contributed by atoms with Crippen molar-refractivity contribution in [2.24, 2.45) is 0 Å². The van der Waals surface area contributed by atoms with Gasteiger partial charge in [0.1, 0.15) is 23.4 Å². The minimum Gasteiger partial charge on any atom is -0.377 e. The quantitative estimate of drug-likeness (QED) is 0.807. The molecule has 0 aliphatic rings. The number of benzene rings is 1. The average Bonchev–Trinajstić information content (AvgIpc) is 2.37. The molecule has 0 saturated heterocycles. The summed E-state index contributed by atoms with van der Waals surface area (Å²) in [4.78, 5) is 10.1. The summed E-state index contributed by atoms with van der Waals surface area (Å²) in [6.07, 6.45) is 0. The zero-order valence-corrected chi connectivity index (χ0v) is 11.4. The number of ether oxygens (including phenoxy) is 1. The van der Waals surface area contributed by atoms with Gasteiger partial charge in [0.05, 0.1) is 0 Å². The fourth-order valence-corrected chi connectivity index (χ4v) is 1.83. The number of anilines is 2. The van der Waals surface area contributed by atoms with Crippen LogP contribution in [0.3, 0.4) is 0 Å². The highest BCUT2D eigenvalue weighted by Gasteiger charge is 2.10. The first-order valence-corrected chi connectivity index (χ1v) is 5.99. The van der Waals surface area contributed by atoms with E-state index in [-0.39, 0.29) is 12.4 Å². The first-order valence-electron chi connectivity index (χ1n) is 5.62. The molecule has 6 heteroatoms. The van der Waals surface area contributed by atoms with Crippen LogP contribution in [0, 0.1) is 5.82 Å². The summed E-state index contributed by atoms with van der Waals surface area (Å²) in [6.45, 7) is 0.268. The van der Waals surface area contributed by atoms with Gasteiger partial charge < -0.3 is 9.64 Å². The van der Waals surface area contributed by atoms with Gasteiger partial charge in [-0.05, 0) is 18.2 Å². The maximum atomic E-state index is 13.2. The smallest absolute Gasteiger partial charge is 0.158 e. The van der Waals surface area contributed by atoms with Gasteiger partial charge in [-0.25, -0.2) is 14.4 Å². The minimum absolute atomic E-state index is 0.268. The maximum absolute atomic E-state index is 13.2. The maximum Gasteiger partial charge on any atom is 0.158 e. The first kappa shape index (κ1) is 13.7. The summed E-state index contributed by atoms with van der Waals surface area (Å²) in [7, 11) is 3.34. The van der Waals surface area contributed by atoms with E-state index in [1.807, 2.05) is 0 Å². The van der Waals surface area contributed by atoms with Crippen LogP contribution in [0.1, 0.15) is 5.82 Å². The van der Waals surface area contributed by atoms with E-state index in [2.05, 4.69) is 9.97 Å². The van der Waals surface area contributed by atoms with Crippen LogP contribution in [0.15, 0.2) is 30.3 Å². The number of methoxy groups -OCH3 is 1. The zero-order valence-electron chi connectivity index (χ0n) is 10.6. The minimum atomic E-state index is -0.304. The molecule has 0 aliphatic heterocycles. The standard InChI is InChI=1S/C13H13ClFN3O/c1-18(10-5-3-4-9(15)6-10)13-7-11(14)16-12(17-13)8-19-2/h3-7H,8H2,1-2H3. The second-order valence-corrected chi connectivity index (χ2v) is 4.32. The monoisotopic (exact) mass is 281 g/mol. The van der Waals surface area contributed by atoms with Gasteiger partial charge in [0.2, 0.25) is 0 Å². The Labute approximate surface area is 115 Å². The summed E-state index contributed by atoms with van der Waals surface area (Å²) < 4.78 is 18.2. The molecule has 1 aromatic carbocycles. The fraction of sp³-hybridized carbons (Fsp3) is 0.231. The normalized spacial score (nSPS) is 10.5. The van der Waals surface area contributed by atoms with Gasteiger partial charge in [0, 0.05) is 25.9 Å². The van der Waals surface area contributed by atoms with Crippen LogP contribution in [-0.4, -0.2) is 24.1 Å². The molecule has 4 nitrogen and oxygen atoms in total. The van der Waals surface area contributed by atoms with E-state index >= 15 is 0 Å². The summed E-state index contributed by atoms with van der Waals surface area (Å²) in [5.74, 6) is 0.757. The lowest BCUT2D eigenvalue weighted by molar-refractivity contribution is 0.178. The third-order valence-electron chi connectivity index (χ3n) is 2.54. The van der Waals surface area contributed by atoms with Crippen LogP contribution in [0.2, 0.25) is 5.15 Å². The van der Waals surface area contributed by atoms with Gasteiger partial charge >= 0.3 is 0 Å². The number of aromatic nitrogens is 2. The van der Waals surface area contributed by atoms with Crippen LogP contribution in [0.25, 0.3) is 0 Å². The SMILES string of the molecule is COCc1nc(Cl)cc(N(C)c2cccc(F)c2)n1. The molecule has 0 unspecified atom stereocenters. The van der Waals surface area contributed by atoms with Crippen molar-refractivity contribution in [1.82, 2.24) is 9.97 Å². The topological polar surface area (TPSA) is 38.2 Å². The summed E-state index contributed by atoms with van der Waals surface area (Å²) >= 11 is 5.94. The van der Waals surface area contributed by atoms with E-state index in [4.69, 9.17) is 16.3 Å². The average molecular weight is 282 g/mol. The predicted molar refractivity (Wildman–Crippen MR) is 72.2 cm³/mol. The van der Waals surface area contributed by atoms with Crippen molar-refractivity contribution >= 4 is 23.1 Å². The highest BCUT2D eigenvalue weighted by Crippen LogP contribution is 2.24. The lowest BCUT2D eigenvalue weighted by Crippen LogP contribution is -2.13. The number of nitrogens with zero attached hydrogens (tertiary/aromatic N) is 3. The molecule has 1 heterocycles. The first-order chi connectivity index (χ1) is 9.10. The molecule has 0 bridgehead atoms. The van der Waals surface area contributed by atoms with Crippen molar-refractivity contribution < 1.29 is 9.13 Å². The summed E-state index contributed by atoms with van der Waals surface area (Å²) in [6, 6.07) is 7.85. The van der Waals surface area contributed by atoms with E-state index in [9.17, 15) is 4.39 Å². The van der Waals surface area contributed by atoms with E-state index in [1.165, 1.54) is 12.1 Å². The van der Waals surface area contributed by atoms with Crippen LogP contribution < -0.4 is 4.90 Å². The Morgan fingerprint density at radius 3 is 2.79 bits per heavy atom. The molecule has 19 heavy (non-hydrogen) atoms. The highest BCUT2D eigenvalue weighted by molar-refractivity contribution is 6.29. The van der Waals surface area contributed by atoms with Crippen LogP contribution in [0.4, 0.5) is 15.9 Å². The molecule has 0 aliphatic carbocycles. The molecular formula is C13H13ClFN3O. The van der Waals surface area contributed by atoms with E-state index in [1.54, 1.807) is 37.3 Å². The van der Waals surface area contributed by atoms with E-state index in [0.29, 0.717) is 22.5 Å². The molecule has 100 valence electrons. The van der Waals surface area contributed by atoms with Crippen molar-refractivity contribution in [2.75, 3.05) is 19.1 Å². The van der Waals surface area contributed by atoms with E-state index < -0.39 is 0 Å². The predicted octanol–water partition coefficient (Wildman–Crippen LogP) is 3.18. The molecule has 2 aromatic rings. The Morgan fingerprint density at radius 2 is 2.11 bits per heavy atom. The second-order valence-electron chi connectivity index (χ2n) is 3.94. The molecule has 0 fully saturated rings. The lowest BCUT2D eigenvalue weighted by Gasteiger charge is -2.19. The van der Waals surface area contributed by atoms with Crippen LogP contribution >= 0.6 is 11.6 Å². The number of hydrogen-bond acceptors (Lipinski definition) is 4. The van der Waals surface area contributed by atoms with Gasteiger partial charge in [0.25, 0.3) is 0 Å². The third-order valence-corrected chi connectivity index (χ3v) is 2.73. The second kappa shape index (κ2) is 5.95. The molecule has 2 rings (SSSR count). The Hall–Kier alpha value is -1.72. The molecule has 0 radical (unpaired) electrons. The fourth-order valence-electron chi connectivity index (χ4n) is 1.63. The van der Waals surface area contributed by atoms with Gasteiger partial charge in [0.15, 0.2) is 5.82 Å². The van der Waals surface area contributed by atoms with Crippen LogP contribution in [-0.2, 0) is 11.3 Å². The Morgan fingerprint density at radius 1 is 1.32 bits per heavy atom. The van der Waals surface area contributed by atoms with Crippen LogP contribution in [0.5, 0.6) is 0 Å². The van der Waals surface area contributed by atoms with Crippen molar-refractivity contribution in [3.8, 4) is 0 Å². The molecule has 0 amide bonds. The molecule has 0 atom stereocenters. The summed E-state index contributed by atoms with van der Waals surface area (Å²) in [5.41, 5.74) is 0.679. The van der Waals surface area contributed by atoms with Gasteiger partial charge in [-0.3, -0.25) is 0 Å². The molecule has 1 aromatic heterocycles. The number of hydrogen-bond donors (Lipinski definition) is 0. The number of halogens is 2. The Balaban J connectivity index is 2.35. The molecular weight excluding hydrogens is 269 g/mol. The van der Waals surface area contributed by atoms with Crippen molar-refractivity contribution in [2.45, 2.75) is 6.61 Å². The zero-order chi connectivity index (χ0) is 13.8. The highest BCUT2D eigenvalue weighted by atomic mass is 35.5. The van der Waals surface area contributed by atoms with E-state index in [0.717, 1.165) is 0 Å². The summed E-state index contributed by atoms with van der Waals surface area (Å²) in [5, 5.41) is 0.320.